The molecule has 0 N–H and O–H groups in total. The molecule has 0 saturated carbocycles. The largest absolute Gasteiger partial charge is 0.545 e. The summed E-state index contributed by atoms with van der Waals surface area (Å²) in [5, 5.41) is 11.2. The van der Waals surface area contributed by atoms with Gasteiger partial charge in [-0.25, -0.2) is 0 Å². The average molecular weight is 251 g/mol. The Kier molecular flexibility index (Phi) is 3.08. The van der Waals surface area contributed by atoms with Gasteiger partial charge in [0, 0.05) is 5.56 Å². The minimum Gasteiger partial charge on any atom is -0.545 e. The number of benzene rings is 2. The minimum absolute atomic E-state index is 0.354. The molecule has 2 aromatic carbocycles. The zero-order chi connectivity index (χ0) is 13.2. The van der Waals surface area contributed by atoms with E-state index in [0.717, 1.165) is 36.8 Å². The van der Waals surface area contributed by atoms with Gasteiger partial charge in [0.2, 0.25) is 0 Å². The Labute approximate surface area is 112 Å². The predicted octanol–water partition coefficient (Wildman–Crippen LogP) is 1.93. The van der Waals surface area contributed by atoms with Gasteiger partial charge in [-0.3, -0.25) is 0 Å². The van der Waals surface area contributed by atoms with E-state index in [0.29, 0.717) is 5.56 Å². The molecule has 0 unspecified atom stereocenters. The zero-order valence-corrected chi connectivity index (χ0v) is 10.7. The second-order valence-corrected chi connectivity index (χ2v) is 5.10. The first-order valence-electron chi connectivity index (χ1n) is 6.63. The second-order valence-electron chi connectivity index (χ2n) is 5.10. The quantitative estimate of drug-likeness (QED) is 0.777. The molecule has 0 spiro atoms. The number of carbonyl (C=O) groups excluding carboxylic acids is 1. The fraction of sp³-hybridized carbons (Fsp3) is 0.235. The Hall–Kier alpha value is -2.09. The van der Waals surface area contributed by atoms with E-state index in [9.17, 15) is 9.90 Å². The van der Waals surface area contributed by atoms with E-state index in [1.807, 2.05) is 12.1 Å². The van der Waals surface area contributed by atoms with Crippen LogP contribution < -0.4 is 5.11 Å². The van der Waals surface area contributed by atoms with Crippen molar-refractivity contribution in [3.8, 4) is 0 Å². The van der Waals surface area contributed by atoms with Crippen LogP contribution >= 0.6 is 0 Å². The number of hydrogen-bond acceptors (Lipinski definition) is 2. The summed E-state index contributed by atoms with van der Waals surface area (Å²) < 4.78 is 0. The molecule has 96 valence electrons. The lowest BCUT2D eigenvalue weighted by molar-refractivity contribution is -0.255. The van der Waals surface area contributed by atoms with Crippen LogP contribution in [0.5, 0.6) is 0 Å². The normalized spacial score (nSPS) is 13.9. The Morgan fingerprint density at radius 2 is 1.32 bits per heavy atom. The third-order valence-electron chi connectivity index (χ3n) is 3.80. The van der Waals surface area contributed by atoms with Gasteiger partial charge in [0.25, 0.3) is 0 Å². The Morgan fingerprint density at radius 3 is 1.95 bits per heavy atom. The highest BCUT2D eigenvalue weighted by molar-refractivity contribution is 5.88. The summed E-state index contributed by atoms with van der Waals surface area (Å²) in [6, 6.07) is 14.4. The highest BCUT2D eigenvalue weighted by Crippen LogP contribution is 2.18. The van der Waals surface area contributed by atoms with Crippen molar-refractivity contribution in [2.45, 2.75) is 25.7 Å². The maximum Gasteiger partial charge on any atom is 0.0718 e. The summed E-state index contributed by atoms with van der Waals surface area (Å²) in [4.78, 5) is 11.2. The molecule has 0 heterocycles. The maximum atomic E-state index is 11.2. The van der Waals surface area contributed by atoms with Crippen molar-refractivity contribution in [1.82, 2.24) is 0 Å². The van der Waals surface area contributed by atoms with Gasteiger partial charge >= 0.3 is 0 Å². The van der Waals surface area contributed by atoms with Crippen LogP contribution in [0.25, 0.3) is 0 Å². The molecule has 2 nitrogen and oxygen atoms in total. The first-order chi connectivity index (χ1) is 9.22. The van der Waals surface area contributed by atoms with Crippen LogP contribution in [-0.2, 0) is 25.7 Å². The monoisotopic (exact) mass is 251 g/mol. The van der Waals surface area contributed by atoms with Crippen LogP contribution in [0.1, 0.15) is 32.6 Å². The summed E-state index contributed by atoms with van der Waals surface area (Å²) in [5.41, 5.74) is 4.83. The molecule has 6 rings (SSSR count). The topological polar surface area (TPSA) is 40.1 Å². The molecular weight excluding hydrogens is 236 g/mol. The lowest BCUT2D eigenvalue weighted by atomic mass is 9.93. The van der Waals surface area contributed by atoms with E-state index in [1.165, 1.54) is 11.1 Å². The van der Waals surface area contributed by atoms with Crippen LogP contribution in [0, 0.1) is 0 Å². The third-order valence-corrected chi connectivity index (χ3v) is 3.80. The number of aromatic carboxylic acids is 1. The molecule has 4 bridgehead atoms. The number of carboxylic acids is 1. The highest BCUT2D eigenvalue weighted by atomic mass is 16.4. The standard InChI is InChI=1S/C17H16O2/c18-17(19)16-11-14-6-5-12-1-3-13(4-2-12)7-9-15(16)10-8-14/h1-4,8,10-11H,5-7,9H2,(H,18,19)/p-1. The SMILES string of the molecule is O=C([O-])c1cc2ccc1CCc1ccc(cc1)CC2. The van der Waals surface area contributed by atoms with E-state index in [-0.39, 0.29) is 0 Å². The van der Waals surface area contributed by atoms with Crippen LogP contribution in [0.4, 0.5) is 0 Å². The lowest BCUT2D eigenvalue weighted by Gasteiger charge is -2.14. The van der Waals surface area contributed by atoms with Crippen molar-refractivity contribution in [3.05, 3.63) is 70.3 Å². The molecule has 0 fully saturated rings. The molecule has 0 atom stereocenters. The first kappa shape index (κ1) is 12.0. The number of carbonyl (C=O) groups is 1. The molecule has 2 heteroatoms. The second kappa shape index (κ2) is 4.88. The van der Waals surface area contributed by atoms with Crippen molar-refractivity contribution in [3.63, 3.8) is 0 Å². The van der Waals surface area contributed by atoms with Gasteiger partial charge in [0.15, 0.2) is 0 Å². The predicted molar refractivity (Wildman–Crippen MR) is 72.0 cm³/mol. The van der Waals surface area contributed by atoms with E-state index in [2.05, 4.69) is 24.3 Å². The van der Waals surface area contributed by atoms with Gasteiger partial charge < -0.3 is 9.90 Å². The van der Waals surface area contributed by atoms with Crippen molar-refractivity contribution < 1.29 is 9.90 Å². The molecule has 19 heavy (non-hydrogen) atoms. The molecule has 0 amide bonds. The van der Waals surface area contributed by atoms with E-state index in [1.54, 1.807) is 6.07 Å². The van der Waals surface area contributed by atoms with Gasteiger partial charge in [-0.2, -0.15) is 0 Å². The maximum absolute atomic E-state index is 11.2. The van der Waals surface area contributed by atoms with Crippen LogP contribution in [0.15, 0.2) is 42.5 Å². The fourth-order valence-corrected chi connectivity index (χ4v) is 2.63. The van der Waals surface area contributed by atoms with E-state index < -0.39 is 5.97 Å². The Balaban J connectivity index is 2.03. The highest BCUT2D eigenvalue weighted by Gasteiger charge is 2.08. The average Bonchev–Trinajstić information content (AvgIpc) is 2.41. The minimum atomic E-state index is -1.07. The van der Waals surface area contributed by atoms with Gasteiger partial charge in [-0.1, -0.05) is 36.4 Å². The molecule has 0 saturated heterocycles. The number of carboxylic acid groups (broad SMARTS) is 1. The van der Waals surface area contributed by atoms with Crippen LogP contribution in [0.3, 0.4) is 0 Å². The molecule has 4 aliphatic rings. The summed E-state index contributed by atoms with van der Waals surface area (Å²) in [6.45, 7) is 0. The van der Waals surface area contributed by atoms with Crippen molar-refractivity contribution in [2.24, 2.45) is 0 Å². The smallest absolute Gasteiger partial charge is 0.0718 e. The van der Waals surface area contributed by atoms with Crippen molar-refractivity contribution in [1.29, 1.82) is 0 Å². The van der Waals surface area contributed by atoms with Crippen LogP contribution in [-0.4, -0.2) is 5.97 Å². The molecule has 0 aliphatic heterocycles. The third kappa shape index (κ3) is 2.53. The van der Waals surface area contributed by atoms with E-state index in [4.69, 9.17) is 0 Å². The Bertz CT molecular complexity index is 612. The lowest BCUT2D eigenvalue weighted by Crippen LogP contribution is -2.24. The van der Waals surface area contributed by atoms with Gasteiger partial charge in [-0.15, -0.1) is 0 Å². The number of aryl methyl sites for hydroxylation is 4. The molecule has 0 aromatic heterocycles. The summed E-state index contributed by atoms with van der Waals surface area (Å²) >= 11 is 0. The summed E-state index contributed by atoms with van der Waals surface area (Å²) in [7, 11) is 0. The molecule has 2 aromatic rings. The van der Waals surface area contributed by atoms with Crippen LogP contribution in [0.2, 0.25) is 0 Å². The van der Waals surface area contributed by atoms with E-state index >= 15 is 0 Å². The van der Waals surface area contributed by atoms with Crippen molar-refractivity contribution in [2.75, 3.05) is 0 Å². The number of rotatable bonds is 1. The zero-order valence-electron chi connectivity index (χ0n) is 10.7. The first-order valence-corrected chi connectivity index (χ1v) is 6.63. The Morgan fingerprint density at radius 1 is 0.789 bits per heavy atom. The molecule has 4 aliphatic carbocycles. The number of hydrogen-bond donors (Lipinski definition) is 0. The van der Waals surface area contributed by atoms with Gasteiger partial charge in [-0.05, 0) is 54.0 Å². The molecule has 0 radical (unpaired) electrons. The van der Waals surface area contributed by atoms with Gasteiger partial charge in [0.05, 0.1) is 5.97 Å². The molecular formula is C17H15O2-. The van der Waals surface area contributed by atoms with Gasteiger partial charge in [0.1, 0.15) is 0 Å². The summed E-state index contributed by atoms with van der Waals surface area (Å²) in [6.07, 6.45) is 3.40. The summed E-state index contributed by atoms with van der Waals surface area (Å²) in [5.74, 6) is -1.07. The fourth-order valence-electron chi connectivity index (χ4n) is 2.63. The van der Waals surface area contributed by atoms with Crippen molar-refractivity contribution >= 4 is 5.97 Å².